The highest BCUT2D eigenvalue weighted by Crippen LogP contribution is 2.14. The van der Waals surface area contributed by atoms with Crippen molar-refractivity contribution in [3.8, 4) is 6.07 Å². The Bertz CT molecular complexity index is 467. The summed E-state index contributed by atoms with van der Waals surface area (Å²) in [4.78, 5) is 14.1. The SMILES string of the molecule is CC1CN(C(=O)C(C#N)Cc2ccccc2)CCO1. The molecule has 1 aliphatic heterocycles. The lowest BCUT2D eigenvalue weighted by atomic mass is 9.99. The van der Waals surface area contributed by atoms with Crippen molar-refractivity contribution in [2.75, 3.05) is 19.7 Å². The highest BCUT2D eigenvalue weighted by Gasteiger charge is 2.27. The van der Waals surface area contributed by atoms with Gasteiger partial charge < -0.3 is 9.64 Å². The molecule has 1 aromatic carbocycles. The van der Waals surface area contributed by atoms with Gasteiger partial charge in [-0.2, -0.15) is 5.26 Å². The predicted molar refractivity (Wildman–Crippen MR) is 71.2 cm³/mol. The summed E-state index contributed by atoms with van der Waals surface area (Å²) in [5.41, 5.74) is 1.02. The summed E-state index contributed by atoms with van der Waals surface area (Å²) in [5, 5.41) is 9.23. The van der Waals surface area contributed by atoms with E-state index in [9.17, 15) is 10.1 Å². The van der Waals surface area contributed by atoms with Crippen molar-refractivity contribution in [3.05, 3.63) is 35.9 Å². The molecular formula is C15H18N2O2. The van der Waals surface area contributed by atoms with Crippen LogP contribution in [0.25, 0.3) is 0 Å². The fourth-order valence-electron chi connectivity index (χ4n) is 2.28. The molecule has 4 heteroatoms. The summed E-state index contributed by atoms with van der Waals surface area (Å²) >= 11 is 0. The van der Waals surface area contributed by atoms with Crippen LogP contribution in [0, 0.1) is 17.2 Å². The van der Waals surface area contributed by atoms with Crippen LogP contribution < -0.4 is 0 Å². The van der Waals surface area contributed by atoms with Crippen LogP contribution in [0.4, 0.5) is 0 Å². The van der Waals surface area contributed by atoms with Crippen LogP contribution in [0.1, 0.15) is 12.5 Å². The molecule has 0 spiro atoms. The smallest absolute Gasteiger partial charge is 0.240 e. The van der Waals surface area contributed by atoms with Crippen molar-refractivity contribution in [1.82, 2.24) is 4.90 Å². The normalized spacial score (nSPS) is 20.6. The van der Waals surface area contributed by atoms with E-state index in [1.54, 1.807) is 4.90 Å². The number of morpholine rings is 1. The molecule has 0 radical (unpaired) electrons. The largest absolute Gasteiger partial charge is 0.375 e. The number of benzene rings is 1. The van der Waals surface area contributed by atoms with Crippen molar-refractivity contribution in [1.29, 1.82) is 5.26 Å². The van der Waals surface area contributed by atoms with Crippen LogP contribution in [0.5, 0.6) is 0 Å². The molecule has 1 aromatic rings. The van der Waals surface area contributed by atoms with E-state index in [1.807, 2.05) is 37.3 Å². The van der Waals surface area contributed by atoms with Crippen molar-refractivity contribution in [2.24, 2.45) is 5.92 Å². The molecule has 100 valence electrons. The maximum Gasteiger partial charge on any atom is 0.240 e. The average molecular weight is 258 g/mol. The van der Waals surface area contributed by atoms with Crippen LogP contribution in [0.3, 0.4) is 0 Å². The maximum absolute atomic E-state index is 12.3. The van der Waals surface area contributed by atoms with Gasteiger partial charge in [-0.05, 0) is 18.9 Å². The summed E-state index contributed by atoms with van der Waals surface area (Å²) < 4.78 is 5.41. The molecule has 1 amide bonds. The van der Waals surface area contributed by atoms with Gasteiger partial charge in [-0.25, -0.2) is 0 Å². The molecule has 0 N–H and O–H groups in total. The standard InChI is InChI=1S/C15H18N2O2/c1-12-11-17(7-8-19-12)15(18)14(10-16)9-13-5-3-2-4-6-13/h2-6,12,14H,7-9,11H2,1H3. The molecule has 2 unspecified atom stereocenters. The van der Waals surface area contributed by atoms with Gasteiger partial charge in [0.15, 0.2) is 0 Å². The first-order valence-corrected chi connectivity index (χ1v) is 6.54. The summed E-state index contributed by atoms with van der Waals surface area (Å²) in [6, 6.07) is 11.8. The van der Waals surface area contributed by atoms with Gasteiger partial charge in [-0.1, -0.05) is 30.3 Å². The van der Waals surface area contributed by atoms with E-state index in [4.69, 9.17) is 4.74 Å². The Hall–Kier alpha value is -1.86. The molecule has 2 rings (SSSR count). The van der Waals surface area contributed by atoms with E-state index in [2.05, 4.69) is 6.07 Å². The molecular weight excluding hydrogens is 240 g/mol. The molecule has 4 nitrogen and oxygen atoms in total. The summed E-state index contributed by atoms with van der Waals surface area (Å²) in [7, 11) is 0. The average Bonchev–Trinajstić information content (AvgIpc) is 2.45. The van der Waals surface area contributed by atoms with Crippen molar-refractivity contribution < 1.29 is 9.53 Å². The molecule has 1 aliphatic rings. The third-order valence-corrected chi connectivity index (χ3v) is 3.29. The first kappa shape index (κ1) is 13.6. The van der Waals surface area contributed by atoms with E-state index < -0.39 is 5.92 Å². The predicted octanol–water partition coefficient (Wildman–Crippen LogP) is 1.62. The molecule has 0 saturated carbocycles. The second-order valence-electron chi connectivity index (χ2n) is 4.84. The number of hydrogen-bond donors (Lipinski definition) is 0. The lowest BCUT2D eigenvalue weighted by Crippen LogP contribution is -2.47. The van der Waals surface area contributed by atoms with Crippen molar-refractivity contribution in [2.45, 2.75) is 19.4 Å². The van der Waals surface area contributed by atoms with Gasteiger partial charge in [0.05, 0.1) is 18.8 Å². The zero-order valence-corrected chi connectivity index (χ0v) is 11.1. The van der Waals surface area contributed by atoms with Crippen LogP contribution in [-0.2, 0) is 16.0 Å². The first-order chi connectivity index (χ1) is 9.20. The quantitative estimate of drug-likeness (QED) is 0.827. The Balaban J connectivity index is 2.01. The highest BCUT2D eigenvalue weighted by atomic mass is 16.5. The maximum atomic E-state index is 12.3. The minimum absolute atomic E-state index is 0.0498. The number of carbonyl (C=O) groups excluding carboxylic acids is 1. The van der Waals surface area contributed by atoms with Crippen LogP contribution in [-0.4, -0.2) is 36.6 Å². The third-order valence-electron chi connectivity index (χ3n) is 3.29. The molecule has 0 bridgehead atoms. The summed E-state index contributed by atoms with van der Waals surface area (Å²) in [5.74, 6) is -0.686. The second-order valence-corrected chi connectivity index (χ2v) is 4.84. The summed E-state index contributed by atoms with van der Waals surface area (Å²) in [6.07, 6.45) is 0.524. The zero-order chi connectivity index (χ0) is 13.7. The van der Waals surface area contributed by atoms with Gasteiger partial charge in [-0.3, -0.25) is 4.79 Å². The second kappa shape index (κ2) is 6.35. The molecule has 1 saturated heterocycles. The number of amides is 1. The fourth-order valence-corrected chi connectivity index (χ4v) is 2.28. The van der Waals surface area contributed by atoms with Gasteiger partial charge >= 0.3 is 0 Å². The Morgan fingerprint density at radius 1 is 1.53 bits per heavy atom. The summed E-state index contributed by atoms with van der Waals surface area (Å²) in [6.45, 7) is 3.65. The Labute approximate surface area is 113 Å². The number of nitrogens with zero attached hydrogens (tertiary/aromatic N) is 2. The van der Waals surface area contributed by atoms with Crippen LogP contribution in [0.2, 0.25) is 0 Å². The third kappa shape index (κ3) is 3.55. The topological polar surface area (TPSA) is 53.3 Å². The van der Waals surface area contributed by atoms with E-state index in [-0.39, 0.29) is 12.0 Å². The molecule has 2 atom stereocenters. The van der Waals surface area contributed by atoms with Gasteiger partial charge in [0.2, 0.25) is 5.91 Å². The van der Waals surface area contributed by atoms with Crippen LogP contribution >= 0.6 is 0 Å². The zero-order valence-electron chi connectivity index (χ0n) is 11.1. The lowest BCUT2D eigenvalue weighted by molar-refractivity contribution is -0.140. The first-order valence-electron chi connectivity index (χ1n) is 6.54. The monoisotopic (exact) mass is 258 g/mol. The lowest BCUT2D eigenvalue weighted by Gasteiger charge is -2.32. The highest BCUT2D eigenvalue weighted by molar-refractivity contribution is 5.81. The number of nitriles is 1. The van der Waals surface area contributed by atoms with E-state index in [0.29, 0.717) is 26.1 Å². The number of carbonyl (C=O) groups is 1. The Kier molecular flexibility index (Phi) is 4.53. The van der Waals surface area contributed by atoms with Crippen molar-refractivity contribution >= 4 is 5.91 Å². The molecule has 1 heterocycles. The van der Waals surface area contributed by atoms with E-state index in [1.165, 1.54) is 0 Å². The van der Waals surface area contributed by atoms with E-state index in [0.717, 1.165) is 5.56 Å². The molecule has 1 fully saturated rings. The van der Waals surface area contributed by atoms with Crippen LogP contribution in [0.15, 0.2) is 30.3 Å². The fraction of sp³-hybridized carbons (Fsp3) is 0.467. The van der Waals surface area contributed by atoms with E-state index >= 15 is 0 Å². The number of hydrogen-bond acceptors (Lipinski definition) is 3. The molecule has 19 heavy (non-hydrogen) atoms. The number of rotatable bonds is 3. The van der Waals surface area contributed by atoms with Gasteiger partial charge in [0.1, 0.15) is 5.92 Å². The van der Waals surface area contributed by atoms with Gasteiger partial charge in [0, 0.05) is 13.1 Å². The van der Waals surface area contributed by atoms with Gasteiger partial charge in [-0.15, -0.1) is 0 Å². The molecule has 0 aliphatic carbocycles. The minimum Gasteiger partial charge on any atom is -0.375 e. The molecule has 0 aromatic heterocycles. The van der Waals surface area contributed by atoms with Gasteiger partial charge in [0.25, 0.3) is 0 Å². The number of ether oxygens (including phenoxy) is 1. The minimum atomic E-state index is -0.604. The van der Waals surface area contributed by atoms with Crippen molar-refractivity contribution in [3.63, 3.8) is 0 Å². The Morgan fingerprint density at radius 2 is 2.26 bits per heavy atom. The Morgan fingerprint density at radius 3 is 2.89 bits per heavy atom.